The number of esters is 1. The fraction of sp³-hybridized carbons (Fsp3) is 0.320. The summed E-state index contributed by atoms with van der Waals surface area (Å²) in [6, 6.07) is 12.7. The minimum atomic E-state index is -0.940. The number of non-ortho nitro benzene ring substituents is 1. The van der Waals surface area contributed by atoms with Gasteiger partial charge in [-0.2, -0.15) is 5.01 Å². The molecule has 1 fully saturated rings. The number of methoxy groups -OCH3 is 1. The van der Waals surface area contributed by atoms with Crippen LogP contribution < -0.4 is 5.32 Å². The summed E-state index contributed by atoms with van der Waals surface area (Å²) in [5.74, 6) is -1.20. The van der Waals surface area contributed by atoms with Crippen LogP contribution in [-0.2, 0) is 25.7 Å². The highest BCUT2D eigenvalue weighted by atomic mass is 16.6. The molecule has 36 heavy (non-hydrogen) atoms. The van der Waals surface area contributed by atoms with E-state index in [4.69, 9.17) is 9.47 Å². The summed E-state index contributed by atoms with van der Waals surface area (Å²) in [7, 11) is 1.24. The number of fused-ring (bicyclic) bond motifs is 1. The average Bonchev–Trinajstić information content (AvgIpc) is 3.38. The first-order valence-electron chi connectivity index (χ1n) is 11.4. The molecular weight excluding hydrogens is 468 g/mol. The van der Waals surface area contributed by atoms with Crippen LogP contribution in [0.2, 0.25) is 0 Å². The number of benzene rings is 2. The van der Waals surface area contributed by atoms with Crippen molar-refractivity contribution in [2.45, 2.75) is 38.6 Å². The van der Waals surface area contributed by atoms with Crippen LogP contribution in [0, 0.1) is 16.0 Å². The molecule has 11 heteroatoms. The van der Waals surface area contributed by atoms with Gasteiger partial charge in [0.2, 0.25) is 0 Å². The summed E-state index contributed by atoms with van der Waals surface area (Å²) < 4.78 is 10.3. The second-order valence-corrected chi connectivity index (χ2v) is 8.81. The first kappa shape index (κ1) is 24.9. The molecule has 1 saturated heterocycles. The summed E-state index contributed by atoms with van der Waals surface area (Å²) in [6.45, 7) is 3.84. The van der Waals surface area contributed by atoms with Crippen molar-refractivity contribution >= 4 is 23.7 Å². The lowest BCUT2D eigenvalue weighted by Gasteiger charge is -2.34. The Morgan fingerprint density at radius 1 is 1.11 bits per heavy atom. The van der Waals surface area contributed by atoms with Crippen LogP contribution in [0.3, 0.4) is 0 Å². The highest BCUT2D eigenvalue weighted by Crippen LogP contribution is 2.44. The van der Waals surface area contributed by atoms with Gasteiger partial charge in [0, 0.05) is 18.3 Å². The highest BCUT2D eigenvalue weighted by Gasteiger charge is 2.56. The van der Waals surface area contributed by atoms with E-state index in [-0.39, 0.29) is 23.8 Å². The quantitative estimate of drug-likeness (QED) is 0.353. The van der Waals surface area contributed by atoms with E-state index in [2.05, 4.69) is 5.32 Å². The molecule has 2 aromatic rings. The smallest absolute Gasteiger partial charge is 0.408 e. The van der Waals surface area contributed by atoms with Crippen LogP contribution in [0.5, 0.6) is 0 Å². The van der Waals surface area contributed by atoms with E-state index in [0.717, 1.165) is 5.56 Å². The van der Waals surface area contributed by atoms with Gasteiger partial charge in [-0.05, 0) is 17.0 Å². The number of hydrogen-bond acceptors (Lipinski definition) is 8. The van der Waals surface area contributed by atoms with Crippen LogP contribution >= 0.6 is 0 Å². The van der Waals surface area contributed by atoms with Crippen LogP contribution in [-0.4, -0.2) is 52.1 Å². The van der Waals surface area contributed by atoms with E-state index in [1.54, 1.807) is 17.1 Å². The number of hydrogen-bond donors (Lipinski definition) is 1. The lowest BCUT2D eigenvalue weighted by molar-refractivity contribution is -0.384. The fourth-order valence-electron chi connectivity index (χ4n) is 4.59. The molecule has 2 aromatic carbocycles. The molecule has 0 spiro atoms. The maximum atomic E-state index is 13.4. The Morgan fingerprint density at radius 3 is 2.36 bits per heavy atom. The third kappa shape index (κ3) is 4.65. The minimum absolute atomic E-state index is 0.0468. The van der Waals surface area contributed by atoms with Gasteiger partial charge in [0.25, 0.3) is 11.6 Å². The van der Waals surface area contributed by atoms with E-state index in [1.807, 2.05) is 44.2 Å². The van der Waals surface area contributed by atoms with E-state index in [9.17, 15) is 24.5 Å². The van der Waals surface area contributed by atoms with Crippen molar-refractivity contribution in [3.8, 4) is 0 Å². The maximum Gasteiger partial charge on any atom is 0.408 e. The molecule has 11 nitrogen and oxygen atoms in total. The van der Waals surface area contributed by atoms with Crippen LogP contribution in [0.25, 0.3) is 0 Å². The molecular formula is C25H26N4O7. The Balaban J connectivity index is 1.62. The molecule has 0 radical (unpaired) electrons. The Hall–Kier alpha value is -4.25. The van der Waals surface area contributed by atoms with Gasteiger partial charge in [-0.1, -0.05) is 56.3 Å². The molecule has 4 rings (SSSR count). The largest absolute Gasteiger partial charge is 0.466 e. The van der Waals surface area contributed by atoms with Gasteiger partial charge in [-0.3, -0.25) is 14.9 Å². The van der Waals surface area contributed by atoms with Crippen molar-refractivity contribution in [3.05, 3.63) is 87.6 Å². The first-order valence-corrected chi connectivity index (χ1v) is 11.4. The topological polar surface area (TPSA) is 131 Å². The molecule has 3 atom stereocenters. The number of nitrogens with zero attached hydrogens (tertiary/aromatic N) is 3. The SMILES string of the molecule is COC(=O)C1=CN2C(=O)[C@H](NC(=O)OCc3ccccc3)[C@@H](C(C)C)N2[C@H]1c1ccc([N+](=O)[O-])cc1. The zero-order valence-corrected chi connectivity index (χ0v) is 20.0. The number of carbonyl (C=O) groups excluding carboxylic acids is 3. The molecule has 0 aromatic heterocycles. The molecule has 0 aliphatic carbocycles. The lowest BCUT2D eigenvalue weighted by atomic mass is 9.92. The predicted molar refractivity (Wildman–Crippen MR) is 127 cm³/mol. The number of rotatable bonds is 7. The number of nitro benzene ring substituents is 1. The first-order chi connectivity index (χ1) is 17.2. The normalized spacial score (nSPS) is 21.2. The van der Waals surface area contributed by atoms with Gasteiger partial charge >= 0.3 is 12.1 Å². The summed E-state index contributed by atoms with van der Waals surface area (Å²) in [6.07, 6.45) is 0.654. The van der Waals surface area contributed by atoms with Crippen molar-refractivity contribution in [1.29, 1.82) is 0 Å². The Bertz CT molecular complexity index is 1200. The monoisotopic (exact) mass is 494 g/mol. The number of ether oxygens (including phenoxy) is 2. The number of carbonyl (C=O) groups is 3. The third-order valence-electron chi connectivity index (χ3n) is 6.22. The summed E-state index contributed by atoms with van der Waals surface area (Å²) in [4.78, 5) is 49.2. The number of nitro groups is 1. The maximum absolute atomic E-state index is 13.4. The van der Waals surface area contributed by atoms with E-state index in [1.165, 1.54) is 30.5 Å². The Kier molecular flexibility index (Phi) is 7.02. The van der Waals surface area contributed by atoms with Crippen molar-refractivity contribution in [1.82, 2.24) is 15.3 Å². The fourth-order valence-corrected chi connectivity index (χ4v) is 4.59. The molecule has 188 valence electrons. The van der Waals surface area contributed by atoms with E-state index >= 15 is 0 Å². The zero-order valence-electron chi connectivity index (χ0n) is 20.0. The minimum Gasteiger partial charge on any atom is -0.466 e. The van der Waals surface area contributed by atoms with Crippen molar-refractivity contribution < 1.29 is 28.8 Å². The molecule has 2 heterocycles. The van der Waals surface area contributed by atoms with Crippen LogP contribution in [0.1, 0.15) is 31.0 Å². The van der Waals surface area contributed by atoms with Gasteiger partial charge in [-0.25, -0.2) is 14.6 Å². The molecule has 0 saturated carbocycles. The van der Waals surface area contributed by atoms with Gasteiger partial charge in [0.15, 0.2) is 0 Å². The van der Waals surface area contributed by atoms with Crippen molar-refractivity contribution in [3.63, 3.8) is 0 Å². The Morgan fingerprint density at radius 2 is 1.78 bits per heavy atom. The standard InChI is InChI=1S/C25H26N4O7/c1-15(2)21-20(26-25(32)36-14-16-7-5-4-6-8-16)23(30)27-13-19(24(31)35-3)22(28(21)27)17-9-11-18(12-10-17)29(33)34/h4-13,15,20-22H,14H2,1-3H3,(H,26,32)/t20-,21-,22+/m1/s1. The molecule has 2 amide bonds. The average molecular weight is 495 g/mol. The van der Waals surface area contributed by atoms with E-state index in [0.29, 0.717) is 5.56 Å². The van der Waals surface area contributed by atoms with Gasteiger partial charge in [0.1, 0.15) is 12.6 Å². The molecule has 0 bridgehead atoms. The second-order valence-electron chi connectivity index (χ2n) is 8.81. The highest BCUT2D eigenvalue weighted by molar-refractivity contribution is 5.95. The second kappa shape index (κ2) is 10.2. The zero-order chi connectivity index (χ0) is 26.0. The third-order valence-corrected chi connectivity index (χ3v) is 6.22. The van der Waals surface area contributed by atoms with Crippen LogP contribution in [0.4, 0.5) is 10.5 Å². The van der Waals surface area contributed by atoms with Gasteiger partial charge in [0.05, 0.1) is 29.7 Å². The number of nitrogens with one attached hydrogen (secondary N) is 1. The molecule has 1 N–H and O–H groups in total. The molecule has 0 unspecified atom stereocenters. The number of hydrazine groups is 1. The number of amides is 2. The number of alkyl carbamates (subject to hydrolysis) is 1. The summed E-state index contributed by atoms with van der Waals surface area (Å²) >= 11 is 0. The van der Waals surface area contributed by atoms with Gasteiger partial charge in [-0.15, -0.1) is 0 Å². The Labute approximate surface area is 207 Å². The summed E-state index contributed by atoms with van der Waals surface area (Å²) in [5.41, 5.74) is 1.47. The molecule has 2 aliphatic heterocycles. The van der Waals surface area contributed by atoms with E-state index < -0.39 is 41.0 Å². The van der Waals surface area contributed by atoms with Gasteiger partial charge < -0.3 is 14.8 Å². The molecule has 2 aliphatic rings. The van der Waals surface area contributed by atoms with Crippen molar-refractivity contribution in [2.75, 3.05) is 7.11 Å². The predicted octanol–water partition coefficient (Wildman–Crippen LogP) is 3.09. The van der Waals surface area contributed by atoms with Crippen LogP contribution in [0.15, 0.2) is 66.4 Å². The van der Waals surface area contributed by atoms with Crippen molar-refractivity contribution in [2.24, 2.45) is 5.92 Å². The lowest BCUT2D eigenvalue weighted by Crippen LogP contribution is -2.50. The summed E-state index contributed by atoms with van der Waals surface area (Å²) in [5, 5.41) is 16.8.